The van der Waals surface area contributed by atoms with Gasteiger partial charge in [-0.05, 0) is 12.0 Å². The van der Waals surface area contributed by atoms with E-state index >= 15 is 0 Å². The minimum atomic E-state index is -0.0149. The Morgan fingerprint density at radius 3 is 2.91 bits per heavy atom. The minimum absolute atomic E-state index is 0.0149. The Labute approximate surface area is 132 Å². The first-order valence-corrected chi connectivity index (χ1v) is 7.90. The Morgan fingerprint density at radius 2 is 2.27 bits per heavy atom. The first-order chi connectivity index (χ1) is 10.5. The Hall–Kier alpha value is -2.15. The number of fused-ring (bicyclic) bond motifs is 1. The van der Waals surface area contributed by atoms with Crippen LogP contribution in [-0.4, -0.2) is 32.8 Å². The van der Waals surface area contributed by atoms with E-state index in [4.69, 9.17) is 4.52 Å². The molecule has 1 amide bonds. The molecule has 0 aliphatic heterocycles. The van der Waals surface area contributed by atoms with Crippen LogP contribution in [0.15, 0.2) is 22.9 Å². The van der Waals surface area contributed by atoms with E-state index in [1.807, 2.05) is 17.8 Å². The molecule has 0 saturated carbocycles. The second-order valence-corrected chi connectivity index (χ2v) is 6.68. The zero-order valence-electron chi connectivity index (χ0n) is 13.0. The van der Waals surface area contributed by atoms with Crippen molar-refractivity contribution in [2.75, 3.05) is 7.05 Å². The van der Waals surface area contributed by atoms with Crippen LogP contribution in [0.3, 0.4) is 0 Å². The van der Waals surface area contributed by atoms with Gasteiger partial charge in [0.15, 0.2) is 0 Å². The molecule has 0 radical (unpaired) electrons. The fraction of sp³-hybridized carbons (Fsp3) is 0.400. The van der Waals surface area contributed by atoms with Crippen molar-refractivity contribution in [2.45, 2.75) is 26.3 Å². The van der Waals surface area contributed by atoms with Crippen LogP contribution in [0, 0.1) is 0 Å². The molecule has 3 aromatic rings. The first kappa shape index (κ1) is 14.8. The highest BCUT2D eigenvalue weighted by atomic mass is 32.1. The maximum absolute atomic E-state index is 12.6. The second-order valence-electron chi connectivity index (χ2n) is 5.65. The van der Waals surface area contributed by atoms with Crippen molar-refractivity contribution >= 4 is 27.5 Å². The largest absolute Gasteiger partial charge is 0.364 e. The Balaban J connectivity index is 1.89. The molecule has 7 heteroatoms. The average Bonchev–Trinajstić information content (AvgIpc) is 3.16. The third-order valence-corrected chi connectivity index (χ3v) is 4.72. The van der Waals surface area contributed by atoms with Crippen LogP contribution in [-0.2, 0) is 13.6 Å². The van der Waals surface area contributed by atoms with Gasteiger partial charge in [0.2, 0.25) is 0 Å². The summed E-state index contributed by atoms with van der Waals surface area (Å²) < 4.78 is 6.65. The lowest BCUT2D eigenvalue weighted by Gasteiger charge is -2.14. The first-order valence-electron chi connectivity index (χ1n) is 7.08. The maximum atomic E-state index is 12.6. The van der Waals surface area contributed by atoms with Crippen LogP contribution in [0.2, 0.25) is 0 Å². The molecule has 22 heavy (non-hydrogen) atoms. The van der Waals surface area contributed by atoms with Gasteiger partial charge in [0.25, 0.3) is 5.91 Å². The minimum Gasteiger partial charge on any atom is -0.364 e. The summed E-state index contributed by atoms with van der Waals surface area (Å²) in [5.74, 6) is 0.313. The number of hydrogen-bond acceptors (Lipinski definition) is 5. The molecule has 0 atom stereocenters. The molecular formula is C15H18N4O2S. The van der Waals surface area contributed by atoms with Gasteiger partial charge in [-0.2, -0.15) is 5.10 Å². The van der Waals surface area contributed by atoms with Crippen molar-refractivity contribution in [1.82, 2.24) is 19.8 Å². The molecule has 3 heterocycles. The summed E-state index contributed by atoms with van der Waals surface area (Å²) in [6.07, 6.45) is 1.51. The van der Waals surface area contributed by atoms with Crippen molar-refractivity contribution in [3.05, 3.63) is 34.7 Å². The number of aryl methyl sites for hydroxylation is 1. The number of aromatic nitrogens is 3. The van der Waals surface area contributed by atoms with Crippen molar-refractivity contribution in [1.29, 1.82) is 0 Å². The predicted molar refractivity (Wildman–Crippen MR) is 85.0 cm³/mol. The van der Waals surface area contributed by atoms with Gasteiger partial charge in [0, 0.05) is 25.5 Å². The molecule has 116 valence electrons. The summed E-state index contributed by atoms with van der Waals surface area (Å²) in [5, 5.41) is 9.44. The van der Waals surface area contributed by atoms with Gasteiger partial charge in [-0.3, -0.25) is 9.48 Å². The quantitative estimate of drug-likeness (QED) is 0.742. The monoisotopic (exact) mass is 318 g/mol. The molecule has 3 aromatic heterocycles. The van der Waals surface area contributed by atoms with Crippen LogP contribution in [0.25, 0.3) is 10.2 Å². The lowest BCUT2D eigenvalue weighted by molar-refractivity contribution is 0.0787. The van der Waals surface area contributed by atoms with Crippen molar-refractivity contribution in [3.63, 3.8) is 0 Å². The van der Waals surface area contributed by atoms with Gasteiger partial charge in [-0.25, -0.2) is 0 Å². The van der Waals surface area contributed by atoms with Gasteiger partial charge in [0.1, 0.15) is 16.8 Å². The molecule has 0 aliphatic carbocycles. The number of amides is 1. The zero-order chi connectivity index (χ0) is 15.9. The van der Waals surface area contributed by atoms with E-state index in [0.29, 0.717) is 12.5 Å². The molecule has 3 rings (SSSR count). The second kappa shape index (κ2) is 5.57. The van der Waals surface area contributed by atoms with Crippen molar-refractivity contribution in [2.24, 2.45) is 7.05 Å². The normalized spacial score (nSPS) is 11.5. The SMILES string of the molecule is CC(C)c1nn(C)c2sc(C(=O)N(C)Cc3ccon3)cc12. The average molecular weight is 318 g/mol. The van der Waals surface area contributed by atoms with E-state index < -0.39 is 0 Å². The standard InChI is InChI=1S/C15H18N4O2S/c1-9(2)13-11-7-12(22-15(11)19(4)16-13)14(20)18(3)8-10-5-6-21-17-10/h5-7,9H,8H2,1-4H3. The van der Waals surface area contributed by atoms with Crippen molar-refractivity contribution < 1.29 is 9.32 Å². The molecule has 0 aromatic carbocycles. The van der Waals surface area contributed by atoms with Gasteiger partial charge in [0.05, 0.1) is 17.1 Å². The zero-order valence-corrected chi connectivity index (χ0v) is 13.8. The lowest BCUT2D eigenvalue weighted by Crippen LogP contribution is -2.25. The Kier molecular flexibility index (Phi) is 3.74. The summed E-state index contributed by atoms with van der Waals surface area (Å²) in [6.45, 7) is 4.65. The van der Waals surface area contributed by atoms with E-state index in [1.54, 1.807) is 18.0 Å². The summed E-state index contributed by atoms with van der Waals surface area (Å²) >= 11 is 1.48. The lowest BCUT2D eigenvalue weighted by atomic mass is 10.1. The molecule has 0 aliphatic rings. The fourth-order valence-corrected chi connectivity index (χ4v) is 3.49. The molecule has 6 nitrogen and oxygen atoms in total. The highest BCUT2D eigenvalue weighted by Gasteiger charge is 2.20. The molecular weight excluding hydrogens is 300 g/mol. The van der Waals surface area contributed by atoms with Crippen LogP contribution >= 0.6 is 11.3 Å². The van der Waals surface area contributed by atoms with Gasteiger partial charge < -0.3 is 9.42 Å². The van der Waals surface area contributed by atoms with E-state index in [0.717, 1.165) is 26.5 Å². The molecule has 0 bridgehead atoms. The summed E-state index contributed by atoms with van der Waals surface area (Å²) in [5.41, 5.74) is 1.77. The van der Waals surface area contributed by atoms with Crippen molar-refractivity contribution in [3.8, 4) is 0 Å². The third kappa shape index (κ3) is 2.52. The molecule has 0 N–H and O–H groups in total. The highest BCUT2D eigenvalue weighted by Crippen LogP contribution is 2.32. The van der Waals surface area contributed by atoms with E-state index in [9.17, 15) is 4.79 Å². The number of carbonyl (C=O) groups excluding carboxylic acids is 1. The summed E-state index contributed by atoms with van der Waals surface area (Å²) in [4.78, 5) is 16.0. The predicted octanol–water partition coefficient (Wildman–Crippen LogP) is 3.02. The van der Waals surface area contributed by atoms with Gasteiger partial charge in [-0.1, -0.05) is 19.0 Å². The smallest absolute Gasteiger partial charge is 0.264 e. The summed E-state index contributed by atoms with van der Waals surface area (Å²) in [7, 11) is 3.68. The van der Waals surface area contributed by atoms with E-state index in [2.05, 4.69) is 24.1 Å². The highest BCUT2D eigenvalue weighted by molar-refractivity contribution is 7.20. The summed E-state index contributed by atoms with van der Waals surface area (Å²) in [6, 6.07) is 3.71. The van der Waals surface area contributed by atoms with Crippen LogP contribution < -0.4 is 0 Å². The number of rotatable bonds is 4. The van der Waals surface area contributed by atoms with Gasteiger partial charge in [-0.15, -0.1) is 11.3 Å². The number of thiophene rings is 1. The van der Waals surface area contributed by atoms with Crippen LogP contribution in [0.5, 0.6) is 0 Å². The van der Waals surface area contributed by atoms with Crippen LogP contribution in [0.4, 0.5) is 0 Å². The molecule has 0 saturated heterocycles. The van der Waals surface area contributed by atoms with Gasteiger partial charge >= 0.3 is 0 Å². The van der Waals surface area contributed by atoms with Crippen LogP contribution in [0.1, 0.15) is 40.8 Å². The Morgan fingerprint density at radius 1 is 1.50 bits per heavy atom. The maximum Gasteiger partial charge on any atom is 0.264 e. The molecule has 0 spiro atoms. The van der Waals surface area contributed by atoms with E-state index in [1.165, 1.54) is 17.6 Å². The number of carbonyl (C=O) groups is 1. The fourth-order valence-electron chi connectivity index (χ4n) is 2.42. The number of nitrogens with zero attached hydrogens (tertiary/aromatic N) is 4. The van der Waals surface area contributed by atoms with E-state index in [-0.39, 0.29) is 5.91 Å². The number of hydrogen-bond donors (Lipinski definition) is 0. The Bertz CT molecular complexity index is 801. The topological polar surface area (TPSA) is 64.2 Å². The third-order valence-electron chi connectivity index (χ3n) is 3.53. The molecule has 0 fully saturated rings. The molecule has 0 unspecified atom stereocenters.